The lowest BCUT2D eigenvalue weighted by Gasteiger charge is -2.05. The first-order valence-corrected chi connectivity index (χ1v) is 4.50. The van der Waals surface area contributed by atoms with Crippen LogP contribution in [0.25, 0.3) is 0 Å². The molecule has 0 bridgehead atoms. The standard InChI is InChI=1S/C10H10O3S/c1-7(11)13-6-8-4-2-3-5-9(8)10(12)14/h2-5H,6H2,1H3,(H,12,14). The van der Waals surface area contributed by atoms with Crippen LogP contribution >= 0.6 is 12.6 Å². The maximum Gasteiger partial charge on any atom is 0.302 e. The van der Waals surface area contributed by atoms with Crippen molar-refractivity contribution >= 4 is 23.7 Å². The molecule has 0 saturated carbocycles. The molecular formula is C10H10O3S. The molecule has 0 aliphatic rings. The summed E-state index contributed by atoms with van der Waals surface area (Å²) in [5, 5.41) is -0.326. The highest BCUT2D eigenvalue weighted by molar-refractivity contribution is 7.97. The van der Waals surface area contributed by atoms with E-state index in [2.05, 4.69) is 12.6 Å². The third-order valence-electron chi connectivity index (χ3n) is 1.68. The fourth-order valence-corrected chi connectivity index (χ4v) is 1.25. The molecule has 14 heavy (non-hydrogen) atoms. The summed E-state index contributed by atoms with van der Waals surface area (Å²) in [6.07, 6.45) is 0. The summed E-state index contributed by atoms with van der Waals surface area (Å²) in [4.78, 5) is 21.6. The second kappa shape index (κ2) is 4.81. The molecular weight excluding hydrogens is 200 g/mol. The predicted molar refractivity (Wildman–Crippen MR) is 55.2 cm³/mol. The molecule has 0 atom stereocenters. The molecule has 3 nitrogen and oxygen atoms in total. The molecule has 0 fully saturated rings. The summed E-state index contributed by atoms with van der Waals surface area (Å²) in [6.45, 7) is 1.43. The minimum absolute atomic E-state index is 0.109. The zero-order chi connectivity index (χ0) is 10.6. The van der Waals surface area contributed by atoms with Gasteiger partial charge in [-0.15, -0.1) is 12.6 Å². The van der Waals surface area contributed by atoms with Gasteiger partial charge in [-0.05, 0) is 0 Å². The van der Waals surface area contributed by atoms with E-state index in [-0.39, 0.29) is 17.7 Å². The Hall–Kier alpha value is -1.29. The van der Waals surface area contributed by atoms with Crippen molar-refractivity contribution in [2.45, 2.75) is 13.5 Å². The Labute approximate surface area is 87.5 Å². The third kappa shape index (κ3) is 2.88. The fraction of sp³-hybridized carbons (Fsp3) is 0.200. The van der Waals surface area contributed by atoms with Gasteiger partial charge in [0.1, 0.15) is 6.61 Å². The van der Waals surface area contributed by atoms with Gasteiger partial charge in [0.25, 0.3) is 0 Å². The molecule has 1 aromatic rings. The number of hydrogen-bond acceptors (Lipinski definition) is 3. The number of esters is 1. The summed E-state index contributed by atoms with van der Waals surface area (Å²) in [5.41, 5.74) is 1.14. The normalized spacial score (nSPS) is 9.57. The van der Waals surface area contributed by atoms with E-state index in [9.17, 15) is 9.59 Å². The van der Waals surface area contributed by atoms with E-state index in [1.807, 2.05) is 0 Å². The van der Waals surface area contributed by atoms with Crippen molar-refractivity contribution in [1.29, 1.82) is 0 Å². The van der Waals surface area contributed by atoms with Crippen molar-refractivity contribution in [3.8, 4) is 0 Å². The lowest BCUT2D eigenvalue weighted by molar-refractivity contribution is -0.142. The summed E-state index contributed by atoms with van der Waals surface area (Å²) in [7, 11) is 0. The van der Waals surface area contributed by atoms with E-state index in [0.29, 0.717) is 11.1 Å². The molecule has 0 aliphatic carbocycles. The van der Waals surface area contributed by atoms with E-state index >= 15 is 0 Å². The number of benzene rings is 1. The van der Waals surface area contributed by atoms with Crippen molar-refractivity contribution in [2.75, 3.05) is 0 Å². The van der Waals surface area contributed by atoms with Crippen molar-refractivity contribution in [2.24, 2.45) is 0 Å². The van der Waals surface area contributed by atoms with Crippen molar-refractivity contribution in [3.63, 3.8) is 0 Å². The van der Waals surface area contributed by atoms with Crippen LogP contribution in [-0.4, -0.2) is 11.1 Å². The van der Waals surface area contributed by atoms with Crippen molar-refractivity contribution < 1.29 is 14.3 Å². The van der Waals surface area contributed by atoms with Gasteiger partial charge in [0.05, 0.1) is 0 Å². The maximum absolute atomic E-state index is 11.0. The first-order chi connectivity index (χ1) is 6.61. The van der Waals surface area contributed by atoms with E-state index in [1.165, 1.54) is 6.92 Å². The number of carbonyl (C=O) groups excluding carboxylic acids is 2. The molecule has 1 aromatic carbocycles. The number of thiol groups is 1. The van der Waals surface area contributed by atoms with Crippen LogP contribution in [0.3, 0.4) is 0 Å². The van der Waals surface area contributed by atoms with Gasteiger partial charge in [0.2, 0.25) is 5.12 Å². The third-order valence-corrected chi connectivity index (χ3v) is 1.92. The zero-order valence-corrected chi connectivity index (χ0v) is 8.58. The average molecular weight is 210 g/mol. The molecule has 0 heterocycles. The molecule has 0 radical (unpaired) electrons. The van der Waals surface area contributed by atoms with Crippen LogP contribution in [0.4, 0.5) is 0 Å². The van der Waals surface area contributed by atoms with Crippen LogP contribution in [0.5, 0.6) is 0 Å². The van der Waals surface area contributed by atoms with Crippen LogP contribution in [0.2, 0.25) is 0 Å². The number of hydrogen-bond donors (Lipinski definition) is 1. The second-order valence-electron chi connectivity index (χ2n) is 2.74. The molecule has 1 rings (SSSR count). The van der Waals surface area contributed by atoms with Crippen LogP contribution in [0, 0.1) is 0 Å². The van der Waals surface area contributed by atoms with Gasteiger partial charge >= 0.3 is 5.97 Å². The lowest BCUT2D eigenvalue weighted by atomic mass is 10.1. The first kappa shape index (κ1) is 10.8. The highest BCUT2D eigenvalue weighted by atomic mass is 32.1. The SMILES string of the molecule is CC(=O)OCc1ccccc1C(=O)S. The van der Waals surface area contributed by atoms with Crippen molar-refractivity contribution in [1.82, 2.24) is 0 Å². The average Bonchev–Trinajstić information content (AvgIpc) is 2.15. The maximum atomic E-state index is 11.0. The molecule has 0 N–H and O–H groups in total. The Balaban J connectivity index is 2.84. The minimum atomic E-state index is -0.369. The molecule has 0 aromatic heterocycles. The molecule has 0 saturated heterocycles. The Morgan fingerprint density at radius 2 is 2.00 bits per heavy atom. The molecule has 4 heteroatoms. The van der Waals surface area contributed by atoms with E-state index in [4.69, 9.17) is 4.74 Å². The van der Waals surface area contributed by atoms with Crippen molar-refractivity contribution in [3.05, 3.63) is 35.4 Å². The van der Waals surface area contributed by atoms with Gasteiger partial charge in [-0.3, -0.25) is 9.59 Å². The summed E-state index contributed by atoms with van der Waals surface area (Å²) >= 11 is 3.72. The molecule has 0 unspecified atom stereocenters. The fourth-order valence-electron chi connectivity index (χ4n) is 1.03. The van der Waals surface area contributed by atoms with Crippen LogP contribution in [0.15, 0.2) is 24.3 Å². The van der Waals surface area contributed by atoms with E-state index in [0.717, 1.165) is 0 Å². The highest BCUT2D eigenvalue weighted by Crippen LogP contribution is 2.12. The zero-order valence-electron chi connectivity index (χ0n) is 7.69. The minimum Gasteiger partial charge on any atom is -0.461 e. The summed E-state index contributed by atoms with van der Waals surface area (Å²) in [5.74, 6) is -0.369. The smallest absolute Gasteiger partial charge is 0.302 e. The Morgan fingerprint density at radius 3 is 2.57 bits per heavy atom. The molecule has 0 amide bonds. The first-order valence-electron chi connectivity index (χ1n) is 4.06. The predicted octanol–water partition coefficient (Wildman–Crippen LogP) is 1.82. The number of rotatable bonds is 3. The Morgan fingerprint density at radius 1 is 1.36 bits per heavy atom. The Kier molecular flexibility index (Phi) is 3.71. The van der Waals surface area contributed by atoms with Gasteiger partial charge < -0.3 is 4.74 Å². The second-order valence-corrected chi connectivity index (χ2v) is 3.15. The van der Waals surface area contributed by atoms with Gasteiger partial charge in [-0.1, -0.05) is 24.3 Å². The van der Waals surface area contributed by atoms with Crippen LogP contribution in [0.1, 0.15) is 22.8 Å². The van der Waals surface area contributed by atoms with E-state index in [1.54, 1.807) is 24.3 Å². The number of ether oxygens (including phenoxy) is 1. The van der Waals surface area contributed by atoms with Gasteiger partial charge in [-0.25, -0.2) is 0 Å². The van der Waals surface area contributed by atoms with Gasteiger partial charge in [-0.2, -0.15) is 0 Å². The summed E-state index contributed by atoms with van der Waals surface area (Å²) in [6, 6.07) is 6.89. The quantitative estimate of drug-likeness (QED) is 0.611. The summed E-state index contributed by atoms with van der Waals surface area (Å²) < 4.78 is 4.79. The van der Waals surface area contributed by atoms with E-state index < -0.39 is 0 Å². The monoisotopic (exact) mass is 210 g/mol. The van der Waals surface area contributed by atoms with Crippen LogP contribution < -0.4 is 0 Å². The van der Waals surface area contributed by atoms with Gasteiger partial charge in [0, 0.05) is 18.1 Å². The number of carbonyl (C=O) groups is 2. The van der Waals surface area contributed by atoms with Gasteiger partial charge in [0.15, 0.2) is 0 Å². The highest BCUT2D eigenvalue weighted by Gasteiger charge is 2.07. The largest absolute Gasteiger partial charge is 0.461 e. The Bertz CT molecular complexity index is 360. The molecule has 0 spiro atoms. The topological polar surface area (TPSA) is 43.4 Å². The van der Waals surface area contributed by atoms with Crippen LogP contribution in [-0.2, 0) is 16.1 Å². The molecule has 74 valence electrons. The molecule has 0 aliphatic heterocycles. The lowest BCUT2D eigenvalue weighted by Crippen LogP contribution is -2.03.